The lowest BCUT2D eigenvalue weighted by atomic mass is 10.2. The zero-order chi connectivity index (χ0) is 21.9. The number of hydrogen-bond donors (Lipinski definition) is 2. The van der Waals surface area contributed by atoms with E-state index in [0.717, 1.165) is 5.69 Å². The van der Waals surface area contributed by atoms with E-state index in [4.69, 9.17) is 4.74 Å². The molecule has 160 valence electrons. The van der Waals surface area contributed by atoms with Crippen molar-refractivity contribution < 1.29 is 14.3 Å². The first-order chi connectivity index (χ1) is 15.1. The van der Waals surface area contributed by atoms with Crippen molar-refractivity contribution in [1.82, 2.24) is 10.3 Å². The van der Waals surface area contributed by atoms with Gasteiger partial charge >= 0.3 is 6.09 Å². The number of carbonyl (C=O) groups is 2. The van der Waals surface area contributed by atoms with Crippen LogP contribution in [-0.2, 0) is 4.74 Å². The Labute approximate surface area is 189 Å². The maximum absolute atomic E-state index is 13.0. The topological polar surface area (TPSA) is 83.6 Å². The maximum Gasteiger partial charge on any atom is 0.407 e. The van der Waals surface area contributed by atoms with Crippen LogP contribution in [0.4, 0.5) is 16.2 Å². The summed E-state index contributed by atoms with van der Waals surface area (Å²) in [6.07, 6.45) is 2.60. The molecule has 0 aliphatic carbocycles. The van der Waals surface area contributed by atoms with Gasteiger partial charge in [0.2, 0.25) is 0 Å². The Balaban J connectivity index is 1.50. The van der Waals surface area contributed by atoms with Crippen LogP contribution >= 0.6 is 15.9 Å². The van der Waals surface area contributed by atoms with Crippen LogP contribution in [0.3, 0.4) is 0 Å². The molecule has 2 aromatic carbocycles. The van der Waals surface area contributed by atoms with Crippen molar-refractivity contribution in [3.8, 4) is 0 Å². The summed E-state index contributed by atoms with van der Waals surface area (Å²) < 4.78 is 5.97. The molecule has 0 saturated carbocycles. The van der Waals surface area contributed by atoms with Gasteiger partial charge in [-0.05, 0) is 46.3 Å². The number of hydrogen-bond acceptors (Lipinski definition) is 5. The summed E-state index contributed by atoms with van der Waals surface area (Å²) >= 11 is 3.34. The minimum Gasteiger partial charge on any atom is -0.448 e. The van der Waals surface area contributed by atoms with E-state index < -0.39 is 6.09 Å². The molecule has 31 heavy (non-hydrogen) atoms. The van der Waals surface area contributed by atoms with Gasteiger partial charge in [-0.1, -0.05) is 36.4 Å². The van der Waals surface area contributed by atoms with E-state index in [1.165, 1.54) is 6.20 Å². The SMILES string of the molecule is O=C(NCCNc1ccccc1)OCCN(C(=O)c1cncc(Br)c1)c1ccccc1. The molecule has 8 heteroatoms. The van der Waals surface area contributed by atoms with Gasteiger partial charge in [-0.3, -0.25) is 9.78 Å². The van der Waals surface area contributed by atoms with Gasteiger partial charge in [-0.2, -0.15) is 0 Å². The highest BCUT2D eigenvalue weighted by Gasteiger charge is 2.18. The summed E-state index contributed by atoms with van der Waals surface area (Å²) in [5.41, 5.74) is 2.13. The molecule has 0 aliphatic heterocycles. The number of carbonyl (C=O) groups excluding carboxylic acids is 2. The van der Waals surface area contributed by atoms with E-state index in [9.17, 15) is 9.59 Å². The predicted octanol–water partition coefficient (Wildman–Crippen LogP) is 4.33. The molecule has 2 amide bonds. The molecule has 0 fully saturated rings. The molecule has 0 aliphatic rings. The molecule has 0 atom stereocenters. The van der Waals surface area contributed by atoms with Crippen molar-refractivity contribution in [2.45, 2.75) is 0 Å². The van der Waals surface area contributed by atoms with Gasteiger partial charge in [0.15, 0.2) is 0 Å². The molecule has 0 saturated heterocycles. The monoisotopic (exact) mass is 482 g/mol. The fourth-order valence-electron chi connectivity index (χ4n) is 2.85. The van der Waals surface area contributed by atoms with E-state index in [0.29, 0.717) is 28.8 Å². The van der Waals surface area contributed by atoms with Crippen LogP contribution in [0.25, 0.3) is 0 Å². The number of rotatable bonds is 9. The molecule has 1 aromatic heterocycles. The molecular formula is C23H23BrN4O3. The molecule has 0 unspecified atom stereocenters. The van der Waals surface area contributed by atoms with Crippen LogP contribution in [0.1, 0.15) is 10.4 Å². The largest absolute Gasteiger partial charge is 0.448 e. The number of anilines is 2. The molecule has 7 nitrogen and oxygen atoms in total. The second-order valence-electron chi connectivity index (χ2n) is 6.54. The molecule has 1 heterocycles. The van der Waals surface area contributed by atoms with Crippen molar-refractivity contribution in [1.29, 1.82) is 0 Å². The molecule has 3 rings (SSSR count). The van der Waals surface area contributed by atoms with E-state index in [1.54, 1.807) is 17.2 Å². The average Bonchev–Trinajstić information content (AvgIpc) is 2.80. The summed E-state index contributed by atoms with van der Waals surface area (Å²) in [5.74, 6) is -0.226. The lowest BCUT2D eigenvalue weighted by Crippen LogP contribution is -2.36. The first-order valence-electron chi connectivity index (χ1n) is 9.80. The van der Waals surface area contributed by atoms with E-state index in [-0.39, 0.29) is 19.1 Å². The van der Waals surface area contributed by atoms with E-state index >= 15 is 0 Å². The molecular weight excluding hydrogens is 460 g/mol. The first-order valence-corrected chi connectivity index (χ1v) is 10.6. The summed E-state index contributed by atoms with van der Waals surface area (Å²) in [4.78, 5) is 30.6. The highest BCUT2D eigenvalue weighted by atomic mass is 79.9. The number of amides is 2. The van der Waals surface area contributed by atoms with Gasteiger partial charge in [0.1, 0.15) is 6.61 Å². The summed E-state index contributed by atoms with van der Waals surface area (Å²) in [6, 6.07) is 20.7. The van der Waals surface area contributed by atoms with Crippen LogP contribution < -0.4 is 15.5 Å². The fraction of sp³-hybridized carbons (Fsp3) is 0.174. The molecule has 2 N–H and O–H groups in total. The standard InChI is InChI=1S/C23H23BrN4O3/c24-19-15-18(16-25-17-19)22(29)28(21-9-5-2-6-10-21)13-14-31-23(30)27-12-11-26-20-7-3-1-4-8-20/h1-10,15-17,26H,11-14H2,(H,27,30). The highest BCUT2D eigenvalue weighted by Crippen LogP contribution is 2.18. The highest BCUT2D eigenvalue weighted by molar-refractivity contribution is 9.10. The van der Waals surface area contributed by atoms with Gasteiger partial charge in [0.05, 0.1) is 12.1 Å². The Kier molecular flexibility index (Phi) is 8.42. The Morgan fingerprint density at radius 2 is 1.68 bits per heavy atom. The van der Waals surface area contributed by atoms with Crippen LogP contribution in [0, 0.1) is 0 Å². The second kappa shape index (κ2) is 11.7. The minimum atomic E-state index is -0.528. The van der Waals surface area contributed by atoms with E-state index in [1.807, 2.05) is 60.7 Å². The number of para-hydroxylation sites is 2. The van der Waals surface area contributed by atoms with Gasteiger partial charge in [-0.15, -0.1) is 0 Å². The van der Waals surface area contributed by atoms with Crippen molar-refractivity contribution in [3.63, 3.8) is 0 Å². The van der Waals surface area contributed by atoms with Gasteiger partial charge in [0.25, 0.3) is 5.91 Å². The summed E-state index contributed by atoms with van der Waals surface area (Å²) in [7, 11) is 0. The van der Waals surface area contributed by atoms with E-state index in [2.05, 4.69) is 31.5 Å². The number of halogens is 1. The van der Waals surface area contributed by atoms with Gasteiger partial charge in [-0.25, -0.2) is 4.79 Å². The third kappa shape index (κ3) is 7.11. The smallest absolute Gasteiger partial charge is 0.407 e. The zero-order valence-corrected chi connectivity index (χ0v) is 18.4. The quantitative estimate of drug-likeness (QED) is 0.443. The molecule has 3 aromatic rings. The van der Waals surface area contributed by atoms with Gasteiger partial charge in [0, 0.05) is 41.3 Å². The van der Waals surface area contributed by atoms with Gasteiger partial charge < -0.3 is 20.3 Å². The fourth-order valence-corrected chi connectivity index (χ4v) is 3.21. The normalized spacial score (nSPS) is 10.2. The number of nitrogens with one attached hydrogen (secondary N) is 2. The minimum absolute atomic E-state index is 0.0556. The van der Waals surface area contributed by atoms with Crippen molar-refractivity contribution in [2.24, 2.45) is 0 Å². The number of ether oxygens (including phenoxy) is 1. The lowest BCUT2D eigenvalue weighted by Gasteiger charge is -2.23. The summed E-state index contributed by atoms with van der Waals surface area (Å²) in [6.45, 7) is 1.26. The maximum atomic E-state index is 13.0. The zero-order valence-electron chi connectivity index (χ0n) is 16.8. The number of benzene rings is 2. The lowest BCUT2D eigenvalue weighted by molar-refractivity contribution is 0.0973. The van der Waals surface area contributed by atoms with Crippen molar-refractivity contribution >= 4 is 39.3 Å². The number of alkyl carbamates (subject to hydrolysis) is 1. The Hall–Kier alpha value is -3.39. The van der Waals surface area contributed by atoms with Crippen LogP contribution in [0.2, 0.25) is 0 Å². The first kappa shape index (κ1) is 22.3. The summed E-state index contributed by atoms with van der Waals surface area (Å²) in [5, 5.41) is 5.89. The van der Waals surface area contributed by atoms with Crippen molar-refractivity contribution in [3.05, 3.63) is 89.2 Å². The van der Waals surface area contributed by atoms with Crippen LogP contribution in [0.5, 0.6) is 0 Å². The molecule has 0 bridgehead atoms. The number of nitrogens with zero attached hydrogens (tertiary/aromatic N) is 2. The number of aromatic nitrogens is 1. The Bertz CT molecular complexity index is 986. The third-order valence-electron chi connectivity index (χ3n) is 4.31. The third-order valence-corrected chi connectivity index (χ3v) is 4.74. The average molecular weight is 483 g/mol. The Morgan fingerprint density at radius 3 is 2.39 bits per heavy atom. The predicted molar refractivity (Wildman–Crippen MR) is 124 cm³/mol. The molecule has 0 spiro atoms. The second-order valence-corrected chi connectivity index (χ2v) is 7.46. The van der Waals surface area contributed by atoms with Crippen LogP contribution in [-0.4, -0.2) is 43.2 Å². The number of pyridine rings is 1. The molecule has 0 radical (unpaired) electrons. The van der Waals surface area contributed by atoms with Crippen molar-refractivity contribution in [2.75, 3.05) is 36.5 Å². The van der Waals surface area contributed by atoms with Crippen LogP contribution in [0.15, 0.2) is 83.6 Å². The Morgan fingerprint density at radius 1 is 0.968 bits per heavy atom.